The second-order valence-corrected chi connectivity index (χ2v) is 5.80. The van der Waals surface area contributed by atoms with E-state index in [1.807, 2.05) is 0 Å². The van der Waals surface area contributed by atoms with E-state index >= 15 is 0 Å². The van der Waals surface area contributed by atoms with Gasteiger partial charge in [0.2, 0.25) is 0 Å². The number of carbonyl (C=O) groups excluding carboxylic acids is 1. The molecule has 0 bridgehead atoms. The van der Waals surface area contributed by atoms with E-state index in [4.69, 9.17) is 5.11 Å². The molecule has 2 amide bonds. The maximum Gasteiger partial charge on any atom is 0.356 e. The molecule has 2 rings (SSSR count). The maximum atomic E-state index is 11.9. The molecule has 1 heterocycles. The summed E-state index contributed by atoms with van der Waals surface area (Å²) in [6.07, 6.45) is 8.49. The normalized spacial score (nSPS) is 17.2. The van der Waals surface area contributed by atoms with Crippen molar-refractivity contribution in [2.45, 2.75) is 51.1 Å². The zero-order valence-electron chi connectivity index (χ0n) is 12.3. The van der Waals surface area contributed by atoms with Crippen molar-refractivity contribution in [3.63, 3.8) is 0 Å². The molecule has 1 fully saturated rings. The van der Waals surface area contributed by atoms with Crippen LogP contribution in [0.15, 0.2) is 12.5 Å². The minimum absolute atomic E-state index is 0.00849. The number of urea groups is 1. The lowest BCUT2D eigenvalue weighted by Crippen LogP contribution is -2.51. The molecule has 0 spiro atoms. The lowest BCUT2D eigenvalue weighted by atomic mass is 9.83. The molecule has 7 heteroatoms. The lowest BCUT2D eigenvalue weighted by molar-refractivity contribution is 0.0691. The molecule has 0 aliphatic heterocycles. The van der Waals surface area contributed by atoms with E-state index in [2.05, 4.69) is 22.5 Å². The van der Waals surface area contributed by atoms with Crippen LogP contribution < -0.4 is 10.6 Å². The van der Waals surface area contributed by atoms with Gasteiger partial charge < -0.3 is 20.3 Å². The fraction of sp³-hybridized carbons (Fsp3) is 0.643. The molecule has 1 aliphatic rings. The summed E-state index contributed by atoms with van der Waals surface area (Å²) in [6.45, 7) is 3.00. The molecule has 0 radical (unpaired) electrons. The fourth-order valence-corrected chi connectivity index (χ4v) is 2.67. The summed E-state index contributed by atoms with van der Waals surface area (Å²) in [5.41, 5.74) is -0.0949. The van der Waals surface area contributed by atoms with Crippen molar-refractivity contribution in [1.82, 2.24) is 20.2 Å². The third-order valence-corrected chi connectivity index (χ3v) is 3.88. The number of nitrogens with zero attached hydrogens (tertiary/aromatic N) is 2. The van der Waals surface area contributed by atoms with E-state index in [0.717, 1.165) is 25.7 Å². The number of carboxylic acid groups (broad SMARTS) is 1. The summed E-state index contributed by atoms with van der Waals surface area (Å²) in [4.78, 5) is 26.3. The predicted molar refractivity (Wildman–Crippen MR) is 77.2 cm³/mol. The highest BCUT2D eigenvalue weighted by atomic mass is 16.4. The quantitative estimate of drug-likeness (QED) is 0.768. The van der Waals surface area contributed by atoms with Crippen molar-refractivity contribution in [2.24, 2.45) is 0 Å². The third kappa shape index (κ3) is 4.47. The van der Waals surface area contributed by atoms with Crippen LogP contribution in [0.1, 0.15) is 49.5 Å². The second kappa shape index (κ2) is 6.60. The molecule has 0 aromatic carbocycles. The van der Waals surface area contributed by atoms with Crippen molar-refractivity contribution in [2.75, 3.05) is 6.54 Å². The van der Waals surface area contributed by atoms with Gasteiger partial charge >= 0.3 is 12.0 Å². The van der Waals surface area contributed by atoms with Crippen molar-refractivity contribution in [3.05, 3.63) is 18.2 Å². The average Bonchev–Trinajstić information content (AvgIpc) is 2.88. The Bertz CT molecular complexity index is 506. The molecule has 3 N–H and O–H groups in total. The van der Waals surface area contributed by atoms with Gasteiger partial charge in [-0.25, -0.2) is 14.6 Å². The van der Waals surface area contributed by atoms with E-state index in [1.165, 1.54) is 18.9 Å². The summed E-state index contributed by atoms with van der Waals surface area (Å²) >= 11 is 0. The van der Waals surface area contributed by atoms with Crippen LogP contribution in [0.25, 0.3) is 0 Å². The Morgan fingerprint density at radius 3 is 2.71 bits per heavy atom. The fourth-order valence-electron chi connectivity index (χ4n) is 2.67. The molecule has 21 heavy (non-hydrogen) atoms. The van der Waals surface area contributed by atoms with Gasteiger partial charge in [0, 0.05) is 24.8 Å². The van der Waals surface area contributed by atoms with Gasteiger partial charge in [0.1, 0.15) is 0 Å². The molecule has 7 nitrogen and oxygen atoms in total. The summed E-state index contributed by atoms with van der Waals surface area (Å²) in [5, 5.41) is 14.6. The monoisotopic (exact) mass is 294 g/mol. The molecular formula is C14H22N4O3. The summed E-state index contributed by atoms with van der Waals surface area (Å²) < 4.78 is 1.64. The first-order valence-corrected chi connectivity index (χ1v) is 7.30. The summed E-state index contributed by atoms with van der Waals surface area (Å²) in [5.74, 6) is -1.05. The molecule has 0 atom stereocenters. The molecule has 1 saturated carbocycles. The second-order valence-electron chi connectivity index (χ2n) is 5.80. The van der Waals surface area contributed by atoms with E-state index < -0.39 is 5.97 Å². The first kappa shape index (κ1) is 15.3. The Labute approximate surface area is 123 Å². The number of carbonyl (C=O) groups is 2. The van der Waals surface area contributed by atoms with E-state index in [9.17, 15) is 9.59 Å². The Balaban J connectivity index is 1.72. The number of hydrogen-bond donors (Lipinski definition) is 3. The molecular weight excluding hydrogens is 272 g/mol. The molecule has 0 saturated heterocycles. The van der Waals surface area contributed by atoms with E-state index in [1.54, 1.807) is 4.57 Å². The Hall–Kier alpha value is -2.05. The zero-order valence-corrected chi connectivity index (χ0v) is 12.3. The molecule has 1 aromatic rings. The van der Waals surface area contributed by atoms with Crippen molar-refractivity contribution >= 4 is 12.0 Å². The van der Waals surface area contributed by atoms with Crippen LogP contribution in [0.2, 0.25) is 0 Å². The van der Waals surface area contributed by atoms with Crippen molar-refractivity contribution in [1.29, 1.82) is 0 Å². The van der Waals surface area contributed by atoms with Gasteiger partial charge in [-0.2, -0.15) is 0 Å². The lowest BCUT2D eigenvalue weighted by Gasteiger charge is -2.34. The minimum Gasteiger partial charge on any atom is -0.476 e. The van der Waals surface area contributed by atoms with Crippen LogP contribution in [0, 0.1) is 0 Å². The van der Waals surface area contributed by atoms with E-state index in [-0.39, 0.29) is 17.3 Å². The summed E-state index contributed by atoms with van der Waals surface area (Å²) in [6, 6.07) is -0.169. The molecule has 1 aromatic heterocycles. The SMILES string of the molecule is CC1(NC(=O)NCCn2cnc(C(=O)O)c2)CCCCC1. The number of amides is 2. The molecule has 1 aliphatic carbocycles. The number of hydrogen-bond acceptors (Lipinski definition) is 3. The van der Waals surface area contributed by atoms with Gasteiger partial charge in [-0.1, -0.05) is 19.3 Å². The van der Waals surface area contributed by atoms with Crippen molar-refractivity contribution in [3.8, 4) is 0 Å². The van der Waals surface area contributed by atoms with Gasteiger partial charge in [0.25, 0.3) is 0 Å². The van der Waals surface area contributed by atoms with Crippen LogP contribution in [0.5, 0.6) is 0 Å². The minimum atomic E-state index is -1.05. The highest BCUT2D eigenvalue weighted by Crippen LogP contribution is 2.27. The molecule has 0 unspecified atom stereocenters. The average molecular weight is 294 g/mol. The highest BCUT2D eigenvalue weighted by molar-refractivity contribution is 5.84. The van der Waals surface area contributed by atoms with Gasteiger partial charge in [-0.15, -0.1) is 0 Å². The van der Waals surface area contributed by atoms with E-state index in [0.29, 0.717) is 13.1 Å². The Morgan fingerprint density at radius 1 is 1.38 bits per heavy atom. The maximum absolute atomic E-state index is 11.9. The first-order chi connectivity index (χ1) is 9.98. The van der Waals surface area contributed by atoms with Crippen molar-refractivity contribution < 1.29 is 14.7 Å². The molecule has 116 valence electrons. The van der Waals surface area contributed by atoms with Crippen LogP contribution in [0.4, 0.5) is 4.79 Å². The highest BCUT2D eigenvalue weighted by Gasteiger charge is 2.28. The van der Waals surface area contributed by atoms with Crippen LogP contribution in [-0.4, -0.2) is 38.7 Å². The number of rotatable bonds is 5. The smallest absolute Gasteiger partial charge is 0.356 e. The Kier molecular flexibility index (Phi) is 4.82. The third-order valence-electron chi connectivity index (χ3n) is 3.88. The van der Waals surface area contributed by atoms with Gasteiger partial charge in [-0.3, -0.25) is 0 Å². The number of imidazole rings is 1. The number of aromatic nitrogens is 2. The number of aromatic carboxylic acids is 1. The first-order valence-electron chi connectivity index (χ1n) is 7.30. The van der Waals surface area contributed by atoms with Gasteiger partial charge in [-0.05, 0) is 19.8 Å². The van der Waals surface area contributed by atoms with Gasteiger partial charge in [0.15, 0.2) is 5.69 Å². The van der Waals surface area contributed by atoms with Crippen LogP contribution in [0.3, 0.4) is 0 Å². The zero-order chi connectivity index (χ0) is 15.3. The summed E-state index contributed by atoms with van der Waals surface area (Å²) in [7, 11) is 0. The number of carboxylic acids is 1. The largest absolute Gasteiger partial charge is 0.476 e. The topological polar surface area (TPSA) is 96.3 Å². The standard InChI is InChI=1S/C14H22N4O3/c1-14(5-3-2-4-6-14)17-13(21)15-7-8-18-9-11(12(19)20)16-10-18/h9-10H,2-8H2,1H3,(H,19,20)(H2,15,17,21). The van der Waals surface area contributed by atoms with Crippen LogP contribution >= 0.6 is 0 Å². The Morgan fingerprint density at radius 2 is 2.10 bits per heavy atom. The van der Waals surface area contributed by atoms with Crippen LogP contribution in [-0.2, 0) is 6.54 Å². The number of nitrogens with one attached hydrogen (secondary N) is 2. The van der Waals surface area contributed by atoms with Gasteiger partial charge in [0.05, 0.1) is 6.33 Å². The predicted octanol–water partition coefficient (Wildman–Crippen LogP) is 1.60.